The lowest BCUT2D eigenvalue weighted by molar-refractivity contribution is 0.928. The van der Waals surface area contributed by atoms with Crippen LogP contribution in [-0.2, 0) is 0 Å². The van der Waals surface area contributed by atoms with Crippen LogP contribution < -0.4 is 5.73 Å². The highest BCUT2D eigenvalue weighted by Crippen LogP contribution is 2.18. The van der Waals surface area contributed by atoms with Crippen molar-refractivity contribution in [3.05, 3.63) is 30.7 Å². The average Bonchev–Trinajstić information content (AvgIpc) is 2.74. The van der Waals surface area contributed by atoms with Gasteiger partial charge in [-0.15, -0.1) is 10.2 Å². The molecule has 3 rings (SSSR count). The maximum Gasteiger partial charge on any atom is 0.207 e. The van der Waals surface area contributed by atoms with Gasteiger partial charge in [0.1, 0.15) is 0 Å². The molecule has 0 saturated heterocycles. The lowest BCUT2D eigenvalue weighted by Gasteiger charge is -1.99. The predicted molar refractivity (Wildman–Crippen MR) is 56.2 cm³/mol. The van der Waals surface area contributed by atoms with Gasteiger partial charge < -0.3 is 5.73 Å². The van der Waals surface area contributed by atoms with Crippen LogP contribution in [-0.4, -0.2) is 29.8 Å². The first kappa shape index (κ1) is 8.72. The third-order valence-corrected chi connectivity index (χ3v) is 2.12. The molecule has 0 aromatic carbocycles. The molecular weight excluding hydrogens is 206 g/mol. The fourth-order valence-electron chi connectivity index (χ4n) is 1.41. The van der Waals surface area contributed by atoms with Gasteiger partial charge in [-0.3, -0.25) is 0 Å². The molecule has 7 heteroatoms. The zero-order chi connectivity index (χ0) is 11.0. The third kappa shape index (κ3) is 1.18. The van der Waals surface area contributed by atoms with Crippen molar-refractivity contribution in [2.75, 3.05) is 5.73 Å². The number of aromatic nitrogens is 6. The molecule has 7 nitrogen and oxygen atoms in total. The minimum absolute atomic E-state index is 0.308. The average molecular weight is 213 g/mol. The second-order valence-electron chi connectivity index (χ2n) is 3.11. The van der Waals surface area contributed by atoms with E-state index in [4.69, 9.17) is 5.73 Å². The maximum absolute atomic E-state index is 5.72. The first-order chi connectivity index (χ1) is 7.86. The quantitative estimate of drug-likeness (QED) is 0.618. The van der Waals surface area contributed by atoms with Crippen LogP contribution in [0.2, 0.25) is 0 Å². The minimum Gasteiger partial charge on any atom is -0.382 e. The summed E-state index contributed by atoms with van der Waals surface area (Å²) in [5, 5.41) is 12.1. The van der Waals surface area contributed by atoms with Crippen LogP contribution in [0.1, 0.15) is 0 Å². The summed E-state index contributed by atoms with van der Waals surface area (Å²) in [7, 11) is 0. The highest BCUT2D eigenvalue weighted by molar-refractivity contribution is 5.64. The molecule has 0 spiro atoms. The molecular formula is C9H7N7. The van der Waals surface area contributed by atoms with Gasteiger partial charge in [0.05, 0.1) is 0 Å². The third-order valence-electron chi connectivity index (χ3n) is 2.12. The van der Waals surface area contributed by atoms with Crippen molar-refractivity contribution in [3.8, 4) is 11.5 Å². The molecule has 0 aliphatic rings. The van der Waals surface area contributed by atoms with Crippen molar-refractivity contribution < 1.29 is 0 Å². The van der Waals surface area contributed by atoms with Gasteiger partial charge in [-0.2, -0.15) is 9.61 Å². The van der Waals surface area contributed by atoms with E-state index in [0.29, 0.717) is 23.0 Å². The summed E-state index contributed by atoms with van der Waals surface area (Å²) in [6.07, 6.45) is 4.72. The van der Waals surface area contributed by atoms with Crippen molar-refractivity contribution in [2.24, 2.45) is 0 Å². The molecule has 0 saturated carbocycles. The predicted octanol–water partition coefficient (Wildman–Crippen LogP) is 0.163. The highest BCUT2D eigenvalue weighted by Gasteiger charge is 2.12. The van der Waals surface area contributed by atoms with Crippen LogP contribution in [0.4, 0.5) is 5.82 Å². The van der Waals surface area contributed by atoms with Crippen LogP contribution in [0, 0.1) is 0 Å². The number of hydrogen-bond acceptors (Lipinski definition) is 6. The van der Waals surface area contributed by atoms with Gasteiger partial charge in [-0.25, -0.2) is 9.97 Å². The first-order valence-electron chi connectivity index (χ1n) is 4.59. The zero-order valence-electron chi connectivity index (χ0n) is 8.15. The van der Waals surface area contributed by atoms with Crippen molar-refractivity contribution in [1.29, 1.82) is 0 Å². The maximum atomic E-state index is 5.72. The lowest BCUT2D eigenvalue weighted by atomic mass is 10.4. The Morgan fingerprint density at radius 1 is 1.06 bits per heavy atom. The summed E-state index contributed by atoms with van der Waals surface area (Å²) in [5.74, 6) is 0.795. The van der Waals surface area contributed by atoms with Crippen LogP contribution in [0.3, 0.4) is 0 Å². The van der Waals surface area contributed by atoms with Gasteiger partial charge >= 0.3 is 0 Å². The van der Waals surface area contributed by atoms with Gasteiger partial charge in [0.15, 0.2) is 17.2 Å². The van der Waals surface area contributed by atoms with Crippen LogP contribution in [0.15, 0.2) is 30.7 Å². The van der Waals surface area contributed by atoms with Crippen LogP contribution in [0.25, 0.3) is 17.2 Å². The zero-order valence-corrected chi connectivity index (χ0v) is 8.15. The smallest absolute Gasteiger partial charge is 0.207 e. The summed E-state index contributed by atoms with van der Waals surface area (Å²) in [5.41, 5.74) is 6.84. The highest BCUT2D eigenvalue weighted by atomic mass is 15.4. The van der Waals surface area contributed by atoms with Gasteiger partial charge in [0.25, 0.3) is 0 Å². The Balaban J connectivity index is 2.31. The second-order valence-corrected chi connectivity index (χ2v) is 3.11. The van der Waals surface area contributed by atoms with Gasteiger partial charge in [-0.1, -0.05) is 0 Å². The molecule has 3 aromatic heterocycles. The molecule has 0 bridgehead atoms. The Labute approximate surface area is 90.0 Å². The second kappa shape index (κ2) is 3.23. The molecule has 0 aliphatic heterocycles. The number of fused-ring (bicyclic) bond motifs is 1. The molecule has 0 atom stereocenters. The number of rotatable bonds is 1. The Bertz CT molecular complexity index is 645. The molecule has 0 fully saturated rings. The molecule has 16 heavy (non-hydrogen) atoms. The van der Waals surface area contributed by atoms with Gasteiger partial charge in [0, 0.05) is 18.6 Å². The summed E-state index contributed by atoms with van der Waals surface area (Å²) >= 11 is 0. The van der Waals surface area contributed by atoms with E-state index in [0.717, 1.165) is 0 Å². The Morgan fingerprint density at radius 2 is 1.94 bits per heavy atom. The number of hydrogen-bond donors (Lipinski definition) is 1. The normalized spacial score (nSPS) is 10.8. The Kier molecular flexibility index (Phi) is 1.76. The molecule has 3 aromatic rings. The summed E-state index contributed by atoms with van der Waals surface area (Å²) in [6, 6.07) is 3.59. The minimum atomic E-state index is 0.308. The Morgan fingerprint density at radius 3 is 2.81 bits per heavy atom. The van der Waals surface area contributed by atoms with E-state index >= 15 is 0 Å². The van der Waals surface area contributed by atoms with Crippen molar-refractivity contribution in [1.82, 2.24) is 29.8 Å². The lowest BCUT2D eigenvalue weighted by Crippen LogP contribution is -2.00. The van der Waals surface area contributed by atoms with Gasteiger partial charge in [-0.05, 0) is 12.1 Å². The first-order valence-corrected chi connectivity index (χ1v) is 4.59. The topological polar surface area (TPSA) is 94.9 Å². The number of nitrogens with two attached hydrogens (primary N) is 1. The van der Waals surface area contributed by atoms with E-state index in [1.807, 2.05) is 0 Å². The van der Waals surface area contributed by atoms with Gasteiger partial charge in [0.2, 0.25) is 5.82 Å². The Hall–Kier alpha value is -2.57. The summed E-state index contributed by atoms with van der Waals surface area (Å²) in [6.45, 7) is 0. The van der Waals surface area contributed by atoms with E-state index in [2.05, 4.69) is 25.3 Å². The van der Waals surface area contributed by atoms with Crippen LogP contribution in [0.5, 0.6) is 0 Å². The van der Waals surface area contributed by atoms with Crippen LogP contribution >= 0.6 is 0 Å². The number of nitrogen functional groups attached to an aromatic ring is 1. The monoisotopic (exact) mass is 213 g/mol. The molecule has 2 N–H and O–H groups in total. The summed E-state index contributed by atoms with van der Waals surface area (Å²) < 4.78 is 1.57. The molecule has 0 radical (unpaired) electrons. The van der Waals surface area contributed by atoms with Crippen molar-refractivity contribution in [2.45, 2.75) is 0 Å². The fraction of sp³-hybridized carbons (Fsp3) is 0. The van der Waals surface area contributed by atoms with Crippen molar-refractivity contribution >= 4 is 11.5 Å². The fourth-order valence-corrected chi connectivity index (χ4v) is 1.41. The van der Waals surface area contributed by atoms with E-state index in [9.17, 15) is 0 Å². The molecule has 0 unspecified atom stereocenters. The number of nitrogens with zero attached hydrogens (tertiary/aromatic N) is 6. The largest absolute Gasteiger partial charge is 0.382 e. The van der Waals surface area contributed by atoms with E-state index in [-0.39, 0.29) is 0 Å². The molecule has 78 valence electrons. The standard InChI is InChI=1S/C9H7N7/c10-8-7(11-4-5-12-8)9-15-14-6-2-1-3-13-16(6)9/h1-5H,(H2,10,12). The van der Waals surface area contributed by atoms with Crippen molar-refractivity contribution in [3.63, 3.8) is 0 Å². The summed E-state index contributed by atoms with van der Waals surface area (Å²) in [4.78, 5) is 8.07. The molecule has 3 heterocycles. The van der Waals surface area contributed by atoms with E-state index in [1.54, 1.807) is 29.0 Å². The van der Waals surface area contributed by atoms with E-state index < -0.39 is 0 Å². The van der Waals surface area contributed by atoms with E-state index in [1.165, 1.54) is 6.20 Å². The molecule has 0 amide bonds. The molecule has 0 aliphatic carbocycles. The SMILES string of the molecule is Nc1nccnc1-c1nnc2cccnn12. The number of anilines is 1.